The molecule has 0 aliphatic rings. The maximum atomic E-state index is 10.8. The van der Waals surface area contributed by atoms with Gasteiger partial charge in [0.1, 0.15) is 0 Å². The van der Waals surface area contributed by atoms with E-state index in [-0.39, 0.29) is 10.0 Å². The summed E-state index contributed by atoms with van der Waals surface area (Å²) in [6, 6.07) is 3.38. The van der Waals surface area contributed by atoms with E-state index in [0.29, 0.717) is 20.9 Å². The highest BCUT2D eigenvalue weighted by atomic mass is 32.1. The van der Waals surface area contributed by atoms with Crippen LogP contribution < -0.4 is 0 Å². The van der Waals surface area contributed by atoms with Crippen LogP contribution in [0.15, 0.2) is 12.1 Å². The van der Waals surface area contributed by atoms with E-state index in [1.54, 1.807) is 26.0 Å². The Hall–Kier alpha value is -1.80. The molecule has 2 rings (SSSR count). The number of thiophene rings is 2. The molecule has 2 aromatic heterocycles. The van der Waals surface area contributed by atoms with Gasteiger partial charge in [0.25, 0.3) is 0 Å². The Morgan fingerprint density at radius 1 is 0.889 bits per heavy atom. The molecule has 2 aromatic rings. The van der Waals surface area contributed by atoms with E-state index in [4.69, 9.17) is 0 Å². The molecule has 2 heterocycles. The molecule has 6 nitrogen and oxygen atoms in total. The normalized spacial score (nSPS) is 10.6. The Bertz CT molecular complexity index is 588. The molecule has 0 spiro atoms. The third-order valence-electron chi connectivity index (χ3n) is 2.36. The van der Waals surface area contributed by atoms with Crippen molar-refractivity contribution < 1.29 is 9.85 Å². The fraction of sp³-hybridized carbons (Fsp3) is 0.200. The van der Waals surface area contributed by atoms with Crippen molar-refractivity contribution in [1.29, 1.82) is 0 Å². The van der Waals surface area contributed by atoms with Crippen LogP contribution in [0, 0.1) is 34.1 Å². The molecule has 0 aliphatic heterocycles. The van der Waals surface area contributed by atoms with Crippen LogP contribution in [0.25, 0.3) is 9.75 Å². The van der Waals surface area contributed by atoms with Crippen LogP contribution in [-0.2, 0) is 0 Å². The summed E-state index contributed by atoms with van der Waals surface area (Å²) >= 11 is 2.09. The summed E-state index contributed by atoms with van der Waals surface area (Å²) < 4.78 is 0. The van der Waals surface area contributed by atoms with E-state index >= 15 is 0 Å². The molecule has 0 aromatic carbocycles. The Morgan fingerprint density at radius 2 is 1.22 bits per heavy atom. The monoisotopic (exact) mass is 284 g/mol. The van der Waals surface area contributed by atoms with E-state index in [1.807, 2.05) is 0 Å². The number of rotatable bonds is 3. The molecule has 0 N–H and O–H groups in total. The van der Waals surface area contributed by atoms with Crippen LogP contribution in [0.5, 0.6) is 0 Å². The van der Waals surface area contributed by atoms with Crippen LogP contribution in [0.1, 0.15) is 11.1 Å². The molecule has 0 bridgehead atoms. The van der Waals surface area contributed by atoms with Gasteiger partial charge in [-0.1, -0.05) is 22.7 Å². The van der Waals surface area contributed by atoms with Crippen molar-refractivity contribution in [1.82, 2.24) is 0 Å². The zero-order chi connectivity index (χ0) is 13.4. The van der Waals surface area contributed by atoms with Crippen molar-refractivity contribution in [2.24, 2.45) is 0 Å². The minimum Gasteiger partial charge on any atom is -0.258 e. The Balaban J connectivity index is 2.49. The summed E-state index contributed by atoms with van der Waals surface area (Å²) in [5, 5.41) is 21.7. The van der Waals surface area contributed by atoms with Gasteiger partial charge in [-0.15, -0.1) is 0 Å². The summed E-state index contributed by atoms with van der Waals surface area (Å²) in [6.45, 7) is 3.32. The van der Waals surface area contributed by atoms with Crippen molar-refractivity contribution in [2.45, 2.75) is 13.8 Å². The number of nitrogens with zero attached hydrogens (tertiary/aromatic N) is 2. The first-order valence-corrected chi connectivity index (χ1v) is 6.53. The van der Waals surface area contributed by atoms with Gasteiger partial charge in [-0.2, -0.15) is 0 Å². The molecule has 0 saturated carbocycles. The largest absolute Gasteiger partial charge is 0.327 e. The van der Waals surface area contributed by atoms with Crippen molar-refractivity contribution in [2.75, 3.05) is 0 Å². The van der Waals surface area contributed by atoms with E-state index in [2.05, 4.69) is 0 Å². The standard InChI is InChI=1S/C10H8N2O4S2/c1-5-3-7(17-9(5)11(13)14)8-4-6(2)10(18-8)12(15)16/h3-4H,1-2H3. The topological polar surface area (TPSA) is 86.3 Å². The first kappa shape index (κ1) is 12.7. The summed E-state index contributed by atoms with van der Waals surface area (Å²) in [4.78, 5) is 22.0. The average Bonchev–Trinajstić information content (AvgIpc) is 2.81. The van der Waals surface area contributed by atoms with Gasteiger partial charge >= 0.3 is 10.0 Å². The Kier molecular flexibility index (Phi) is 3.14. The second-order valence-corrected chi connectivity index (χ2v) is 5.77. The molecule has 0 unspecified atom stereocenters. The lowest BCUT2D eigenvalue weighted by Crippen LogP contribution is -1.84. The second-order valence-electron chi connectivity index (χ2n) is 3.71. The van der Waals surface area contributed by atoms with Crippen LogP contribution in [-0.4, -0.2) is 9.85 Å². The van der Waals surface area contributed by atoms with Crippen LogP contribution in [0.2, 0.25) is 0 Å². The first-order valence-electron chi connectivity index (χ1n) is 4.90. The van der Waals surface area contributed by atoms with Crippen molar-refractivity contribution in [3.63, 3.8) is 0 Å². The fourth-order valence-electron chi connectivity index (χ4n) is 1.55. The van der Waals surface area contributed by atoms with Crippen molar-refractivity contribution >= 4 is 32.7 Å². The fourth-order valence-corrected chi connectivity index (χ4v) is 3.60. The van der Waals surface area contributed by atoms with Gasteiger partial charge in [0, 0.05) is 11.1 Å². The Labute approximate surface area is 110 Å². The molecular weight excluding hydrogens is 276 g/mol. The summed E-state index contributed by atoms with van der Waals surface area (Å²) in [5.74, 6) is 0. The molecule has 18 heavy (non-hydrogen) atoms. The lowest BCUT2D eigenvalue weighted by atomic mass is 10.2. The highest BCUT2D eigenvalue weighted by Gasteiger charge is 2.21. The Morgan fingerprint density at radius 3 is 1.44 bits per heavy atom. The molecule has 0 fully saturated rings. The van der Waals surface area contributed by atoms with Gasteiger partial charge in [-0.3, -0.25) is 20.2 Å². The lowest BCUT2D eigenvalue weighted by molar-refractivity contribution is -0.380. The molecule has 0 amide bonds. The molecule has 8 heteroatoms. The second kappa shape index (κ2) is 4.46. The maximum Gasteiger partial charge on any atom is 0.327 e. The highest BCUT2D eigenvalue weighted by Crippen LogP contribution is 2.42. The van der Waals surface area contributed by atoms with E-state index in [0.717, 1.165) is 22.7 Å². The molecular formula is C10H8N2O4S2. The summed E-state index contributed by atoms with van der Waals surface area (Å²) in [6.07, 6.45) is 0. The molecule has 0 atom stereocenters. The van der Waals surface area contributed by atoms with Gasteiger partial charge < -0.3 is 0 Å². The van der Waals surface area contributed by atoms with Gasteiger partial charge in [0.2, 0.25) is 0 Å². The van der Waals surface area contributed by atoms with E-state index < -0.39 is 9.85 Å². The zero-order valence-electron chi connectivity index (χ0n) is 9.50. The highest BCUT2D eigenvalue weighted by molar-refractivity contribution is 7.25. The summed E-state index contributed by atoms with van der Waals surface area (Å²) in [5.41, 5.74) is 1.16. The third-order valence-corrected chi connectivity index (χ3v) is 4.93. The zero-order valence-corrected chi connectivity index (χ0v) is 11.1. The van der Waals surface area contributed by atoms with Gasteiger partial charge in [0.15, 0.2) is 0 Å². The number of nitro groups is 2. The van der Waals surface area contributed by atoms with Gasteiger partial charge in [-0.05, 0) is 26.0 Å². The number of aryl methyl sites for hydroxylation is 2. The lowest BCUT2D eigenvalue weighted by Gasteiger charge is -1.86. The predicted octanol–water partition coefficient (Wildman–Crippen LogP) is 3.91. The quantitative estimate of drug-likeness (QED) is 0.631. The summed E-state index contributed by atoms with van der Waals surface area (Å²) in [7, 11) is 0. The molecule has 0 radical (unpaired) electrons. The SMILES string of the molecule is Cc1cc(-c2cc(C)c([N+](=O)[O-])s2)sc1[N+](=O)[O-]. The minimum atomic E-state index is -0.432. The minimum absolute atomic E-state index is 0.0821. The van der Waals surface area contributed by atoms with E-state index in [1.165, 1.54) is 0 Å². The molecule has 94 valence electrons. The predicted molar refractivity (Wildman–Crippen MR) is 70.4 cm³/mol. The number of hydrogen-bond donors (Lipinski definition) is 0. The van der Waals surface area contributed by atoms with Crippen LogP contribution in [0.3, 0.4) is 0 Å². The van der Waals surface area contributed by atoms with Gasteiger partial charge in [-0.25, -0.2) is 0 Å². The third kappa shape index (κ3) is 2.12. The first-order chi connectivity index (χ1) is 8.40. The molecule has 0 saturated heterocycles. The smallest absolute Gasteiger partial charge is 0.258 e. The van der Waals surface area contributed by atoms with Crippen molar-refractivity contribution in [3.8, 4) is 9.75 Å². The maximum absolute atomic E-state index is 10.8. The average molecular weight is 284 g/mol. The van der Waals surface area contributed by atoms with Crippen LogP contribution >= 0.6 is 22.7 Å². The van der Waals surface area contributed by atoms with E-state index in [9.17, 15) is 20.2 Å². The van der Waals surface area contributed by atoms with Crippen LogP contribution in [0.4, 0.5) is 10.0 Å². The number of hydrogen-bond acceptors (Lipinski definition) is 6. The molecule has 0 aliphatic carbocycles. The van der Waals surface area contributed by atoms with Gasteiger partial charge in [0.05, 0.1) is 19.6 Å². The van der Waals surface area contributed by atoms with Crippen molar-refractivity contribution in [3.05, 3.63) is 43.5 Å².